The normalized spacial score (nSPS) is 17.3. The highest BCUT2D eigenvalue weighted by Gasteiger charge is 2.28. The number of nitrogens with one attached hydrogen (secondary N) is 2. The summed E-state index contributed by atoms with van der Waals surface area (Å²) in [5.74, 6) is 3.83. The number of aliphatic hydroxyl groups is 1. The third-order valence-corrected chi connectivity index (χ3v) is 5.27. The van der Waals surface area contributed by atoms with E-state index in [1.165, 1.54) is 5.56 Å². The molecule has 0 saturated carbocycles. The van der Waals surface area contributed by atoms with Crippen LogP contribution in [0.15, 0.2) is 27.6 Å². The molecule has 2 heterocycles. The van der Waals surface area contributed by atoms with Crippen LogP contribution in [0.4, 0.5) is 0 Å². The van der Waals surface area contributed by atoms with Gasteiger partial charge < -0.3 is 29.6 Å². The molecule has 1 aromatic carbocycles. The number of benzene rings is 1. The highest BCUT2D eigenvalue weighted by molar-refractivity contribution is 14.0. The minimum Gasteiger partial charge on any atom is -0.496 e. The van der Waals surface area contributed by atoms with Gasteiger partial charge in [-0.3, -0.25) is 0 Å². The van der Waals surface area contributed by atoms with Crippen molar-refractivity contribution in [3.63, 3.8) is 0 Å². The van der Waals surface area contributed by atoms with E-state index in [9.17, 15) is 5.11 Å². The number of ether oxygens (including phenoxy) is 2. The molecular weight excluding hydrogens is 509 g/mol. The zero-order valence-corrected chi connectivity index (χ0v) is 21.5. The summed E-state index contributed by atoms with van der Waals surface area (Å²) in [5, 5.41) is 17.4. The molecular formula is C23H34IN3O4. The molecule has 0 amide bonds. The van der Waals surface area contributed by atoms with Crippen LogP contribution in [0, 0.1) is 13.8 Å². The van der Waals surface area contributed by atoms with Crippen LogP contribution in [0.3, 0.4) is 0 Å². The number of methoxy groups -OCH3 is 1. The molecule has 172 valence electrons. The molecule has 2 atom stereocenters. The number of halogens is 1. The monoisotopic (exact) mass is 543 g/mol. The number of nitrogens with zero attached hydrogens (tertiary/aromatic N) is 1. The summed E-state index contributed by atoms with van der Waals surface area (Å²) >= 11 is 0. The van der Waals surface area contributed by atoms with E-state index >= 15 is 0 Å². The first-order chi connectivity index (χ1) is 14.2. The summed E-state index contributed by atoms with van der Waals surface area (Å²) in [4.78, 5) is 4.69. The largest absolute Gasteiger partial charge is 0.496 e. The quantitative estimate of drug-likeness (QED) is 0.280. The second-order valence-corrected chi connectivity index (χ2v) is 8.05. The molecule has 2 aromatic rings. The molecule has 1 aromatic heterocycles. The molecule has 8 heteroatoms. The van der Waals surface area contributed by atoms with E-state index in [1.807, 2.05) is 39.0 Å². The zero-order chi connectivity index (χ0) is 21.9. The predicted octanol–water partition coefficient (Wildman–Crippen LogP) is 3.81. The van der Waals surface area contributed by atoms with Crippen LogP contribution in [0.1, 0.15) is 49.0 Å². The molecule has 2 unspecified atom stereocenters. The predicted molar refractivity (Wildman–Crippen MR) is 133 cm³/mol. The first kappa shape index (κ1) is 25.3. The molecule has 0 radical (unpaired) electrons. The standard InChI is InChI=1S/C23H33N3O4.HI/c1-7-24-22(26-13-23(5,27)19-9-15(3)29-16(19)4)25-12-18-11-21-17(8-14(2)30-21)10-20(18)28-6;/h9-11,14,27H,7-8,12-13H2,1-6H3,(H2,24,25,26);1H. The molecule has 0 fully saturated rings. The van der Waals surface area contributed by atoms with Gasteiger partial charge in [0, 0.05) is 29.7 Å². The Balaban J connectivity index is 0.00000341. The second kappa shape index (κ2) is 10.6. The summed E-state index contributed by atoms with van der Waals surface area (Å²) in [6.45, 7) is 11.0. The summed E-state index contributed by atoms with van der Waals surface area (Å²) in [5.41, 5.74) is 1.80. The summed E-state index contributed by atoms with van der Waals surface area (Å²) in [6, 6.07) is 5.93. The Kier molecular flexibility index (Phi) is 8.65. The number of rotatable bonds is 7. The van der Waals surface area contributed by atoms with E-state index in [1.54, 1.807) is 14.0 Å². The van der Waals surface area contributed by atoms with Gasteiger partial charge in [-0.15, -0.1) is 24.0 Å². The van der Waals surface area contributed by atoms with Crippen LogP contribution in [-0.2, 0) is 18.6 Å². The van der Waals surface area contributed by atoms with Gasteiger partial charge in [0.2, 0.25) is 0 Å². The minimum absolute atomic E-state index is 0. The van der Waals surface area contributed by atoms with Crippen molar-refractivity contribution in [3.8, 4) is 11.5 Å². The molecule has 7 nitrogen and oxygen atoms in total. The van der Waals surface area contributed by atoms with Gasteiger partial charge in [-0.1, -0.05) is 0 Å². The number of aryl methyl sites for hydroxylation is 2. The third-order valence-electron chi connectivity index (χ3n) is 5.27. The van der Waals surface area contributed by atoms with Gasteiger partial charge in [0.1, 0.15) is 34.7 Å². The van der Waals surface area contributed by atoms with E-state index in [0.29, 0.717) is 25.6 Å². The highest BCUT2D eigenvalue weighted by atomic mass is 127. The fourth-order valence-electron chi connectivity index (χ4n) is 3.82. The first-order valence-corrected chi connectivity index (χ1v) is 10.4. The van der Waals surface area contributed by atoms with Gasteiger partial charge in [-0.2, -0.15) is 0 Å². The Hall–Kier alpha value is -1.94. The Labute approximate surface area is 201 Å². The SMILES string of the molecule is CCNC(=NCc1cc2c(cc1OC)CC(C)O2)NCC(C)(O)c1cc(C)oc1C.I. The van der Waals surface area contributed by atoms with Crippen LogP contribution >= 0.6 is 24.0 Å². The summed E-state index contributed by atoms with van der Waals surface area (Å²) < 4.78 is 17.0. The lowest BCUT2D eigenvalue weighted by molar-refractivity contribution is 0.0601. The van der Waals surface area contributed by atoms with Gasteiger partial charge in [0.15, 0.2) is 5.96 Å². The lowest BCUT2D eigenvalue weighted by atomic mass is 9.96. The Morgan fingerprint density at radius 3 is 2.65 bits per heavy atom. The smallest absolute Gasteiger partial charge is 0.191 e. The fourth-order valence-corrected chi connectivity index (χ4v) is 3.82. The van der Waals surface area contributed by atoms with E-state index in [0.717, 1.165) is 40.6 Å². The van der Waals surface area contributed by atoms with Crippen molar-refractivity contribution in [2.75, 3.05) is 20.2 Å². The topological polar surface area (TPSA) is 88.3 Å². The van der Waals surface area contributed by atoms with Crippen molar-refractivity contribution in [2.24, 2.45) is 4.99 Å². The first-order valence-electron chi connectivity index (χ1n) is 10.4. The van der Waals surface area contributed by atoms with Gasteiger partial charge in [0.25, 0.3) is 0 Å². The van der Waals surface area contributed by atoms with E-state index in [2.05, 4.69) is 22.5 Å². The molecule has 3 N–H and O–H groups in total. The van der Waals surface area contributed by atoms with Gasteiger partial charge in [0.05, 0.1) is 20.2 Å². The van der Waals surface area contributed by atoms with Crippen molar-refractivity contribution in [2.45, 2.75) is 59.3 Å². The van der Waals surface area contributed by atoms with Gasteiger partial charge >= 0.3 is 0 Å². The molecule has 3 rings (SSSR count). The maximum absolute atomic E-state index is 11.0. The summed E-state index contributed by atoms with van der Waals surface area (Å²) in [6.07, 6.45) is 1.07. The van der Waals surface area contributed by atoms with Crippen LogP contribution in [0.2, 0.25) is 0 Å². The molecule has 0 spiro atoms. The van der Waals surface area contributed by atoms with Gasteiger partial charge in [-0.25, -0.2) is 4.99 Å². The van der Waals surface area contributed by atoms with Crippen molar-refractivity contribution in [3.05, 3.63) is 46.4 Å². The van der Waals surface area contributed by atoms with Gasteiger partial charge in [-0.05, 0) is 52.8 Å². The van der Waals surface area contributed by atoms with E-state index in [-0.39, 0.29) is 30.1 Å². The average molecular weight is 543 g/mol. The highest BCUT2D eigenvalue weighted by Crippen LogP contribution is 2.35. The zero-order valence-electron chi connectivity index (χ0n) is 19.2. The third kappa shape index (κ3) is 6.06. The van der Waals surface area contributed by atoms with Crippen molar-refractivity contribution in [1.29, 1.82) is 0 Å². The van der Waals surface area contributed by atoms with E-state index < -0.39 is 5.60 Å². The number of hydrogen-bond donors (Lipinski definition) is 3. The van der Waals surface area contributed by atoms with Crippen molar-refractivity contribution < 1.29 is 19.0 Å². The van der Waals surface area contributed by atoms with E-state index in [4.69, 9.17) is 13.9 Å². The molecule has 0 saturated heterocycles. The Bertz CT molecular complexity index is 924. The van der Waals surface area contributed by atoms with Crippen LogP contribution in [-0.4, -0.2) is 37.4 Å². The second-order valence-electron chi connectivity index (χ2n) is 8.05. The number of furan rings is 1. The molecule has 1 aliphatic heterocycles. The number of guanidine groups is 1. The summed E-state index contributed by atoms with van der Waals surface area (Å²) in [7, 11) is 1.67. The number of hydrogen-bond acceptors (Lipinski definition) is 5. The minimum atomic E-state index is -1.09. The Morgan fingerprint density at radius 2 is 2.03 bits per heavy atom. The fraction of sp³-hybridized carbons (Fsp3) is 0.522. The van der Waals surface area contributed by atoms with Crippen LogP contribution in [0.5, 0.6) is 11.5 Å². The lowest BCUT2D eigenvalue weighted by Gasteiger charge is -2.24. The number of aliphatic imine (C=N–C) groups is 1. The molecule has 0 aliphatic carbocycles. The van der Waals surface area contributed by atoms with Crippen LogP contribution < -0.4 is 20.1 Å². The maximum atomic E-state index is 11.0. The molecule has 31 heavy (non-hydrogen) atoms. The molecule has 0 bridgehead atoms. The number of fused-ring (bicyclic) bond motifs is 1. The lowest BCUT2D eigenvalue weighted by Crippen LogP contribution is -2.44. The van der Waals surface area contributed by atoms with Crippen molar-refractivity contribution in [1.82, 2.24) is 10.6 Å². The van der Waals surface area contributed by atoms with Crippen molar-refractivity contribution >= 4 is 29.9 Å². The molecule has 1 aliphatic rings. The van der Waals surface area contributed by atoms with Crippen LogP contribution in [0.25, 0.3) is 0 Å². The average Bonchev–Trinajstić information content (AvgIpc) is 3.23. The maximum Gasteiger partial charge on any atom is 0.191 e. The Morgan fingerprint density at radius 1 is 1.29 bits per heavy atom.